The SMILES string of the molecule is CCCCCCCCCCCCC/C=C/C(O)C(COC1OC(CO)C(O)C(O)C1O)NC(=O)C(O)CCCCCCCCCCCCCC/C=C\CCCCCCCCCCCCCC. The first-order chi connectivity index (χ1) is 32.3. The number of allylic oxidation sites excluding steroid dienone is 3. The Morgan fingerprint density at radius 2 is 0.879 bits per heavy atom. The summed E-state index contributed by atoms with van der Waals surface area (Å²) in [5.41, 5.74) is 0. The standard InChI is InChI=1S/C56H107NO9/c1-3-5-7-9-11-13-15-17-18-19-20-21-22-23-24-25-26-27-28-29-30-31-33-35-37-39-41-43-45-50(60)55(64)57-48(47-65-56-54(63)53(62)52(61)51(46-58)66-56)49(59)44-42-40-38-36-34-32-16-14-12-10-8-6-4-2/h23-24,42,44,48-54,56,58-63H,3-22,25-41,43,45-47H2,1-2H3,(H,57,64)/b24-23-,44-42+. The van der Waals surface area contributed by atoms with Gasteiger partial charge in [0, 0.05) is 0 Å². The first-order valence-corrected chi connectivity index (χ1v) is 28.2. The summed E-state index contributed by atoms with van der Waals surface area (Å²) in [4.78, 5) is 13.1. The Bertz CT molecular complexity index is 1110. The maximum absolute atomic E-state index is 13.1. The van der Waals surface area contributed by atoms with Crippen molar-refractivity contribution in [1.82, 2.24) is 5.32 Å². The van der Waals surface area contributed by atoms with E-state index < -0.39 is 61.5 Å². The molecule has 10 heteroatoms. The maximum atomic E-state index is 13.1. The minimum absolute atomic E-state index is 0.303. The summed E-state index contributed by atoms with van der Waals surface area (Å²) in [6, 6.07) is -0.978. The molecule has 0 aliphatic carbocycles. The van der Waals surface area contributed by atoms with Crippen LogP contribution in [0, 0.1) is 0 Å². The summed E-state index contributed by atoms with van der Waals surface area (Å²) in [6.07, 6.45) is 47.2. The van der Waals surface area contributed by atoms with Crippen LogP contribution in [0.1, 0.15) is 264 Å². The van der Waals surface area contributed by atoms with Gasteiger partial charge in [0.1, 0.15) is 30.5 Å². The van der Waals surface area contributed by atoms with Crippen LogP contribution in [-0.2, 0) is 14.3 Å². The van der Waals surface area contributed by atoms with Crippen LogP contribution in [0.25, 0.3) is 0 Å². The zero-order valence-electron chi connectivity index (χ0n) is 42.8. The highest BCUT2D eigenvalue weighted by atomic mass is 16.7. The van der Waals surface area contributed by atoms with Crippen molar-refractivity contribution < 1.29 is 44.9 Å². The van der Waals surface area contributed by atoms with E-state index in [1.54, 1.807) is 6.08 Å². The topological polar surface area (TPSA) is 169 Å². The average Bonchev–Trinajstić information content (AvgIpc) is 3.32. The van der Waals surface area contributed by atoms with Gasteiger partial charge < -0.3 is 45.4 Å². The molecule has 10 nitrogen and oxygen atoms in total. The van der Waals surface area contributed by atoms with Crippen molar-refractivity contribution >= 4 is 5.91 Å². The van der Waals surface area contributed by atoms with Crippen molar-refractivity contribution in [2.45, 2.75) is 313 Å². The molecule has 1 aliphatic rings. The molecule has 1 rings (SSSR count). The second kappa shape index (κ2) is 46.0. The zero-order valence-corrected chi connectivity index (χ0v) is 42.8. The molecular formula is C56H107NO9. The van der Waals surface area contributed by atoms with E-state index in [1.807, 2.05) is 6.08 Å². The van der Waals surface area contributed by atoms with Crippen molar-refractivity contribution in [3.05, 3.63) is 24.3 Å². The van der Waals surface area contributed by atoms with E-state index in [0.29, 0.717) is 6.42 Å². The third kappa shape index (κ3) is 34.8. The van der Waals surface area contributed by atoms with E-state index in [4.69, 9.17) is 9.47 Å². The van der Waals surface area contributed by atoms with Crippen molar-refractivity contribution in [3.8, 4) is 0 Å². The van der Waals surface area contributed by atoms with Crippen molar-refractivity contribution in [1.29, 1.82) is 0 Å². The monoisotopic (exact) mass is 938 g/mol. The lowest BCUT2D eigenvalue weighted by Gasteiger charge is -2.40. The van der Waals surface area contributed by atoms with E-state index >= 15 is 0 Å². The van der Waals surface area contributed by atoms with Gasteiger partial charge >= 0.3 is 0 Å². The summed E-state index contributed by atoms with van der Waals surface area (Å²) < 4.78 is 11.2. The van der Waals surface area contributed by atoms with Gasteiger partial charge in [0.15, 0.2) is 6.29 Å². The summed E-state index contributed by atoms with van der Waals surface area (Å²) in [6.45, 7) is 3.63. The molecule has 0 aromatic carbocycles. The molecule has 1 heterocycles. The largest absolute Gasteiger partial charge is 0.394 e. The number of carbonyl (C=O) groups excluding carboxylic acids is 1. The Balaban J connectivity index is 2.21. The molecule has 0 radical (unpaired) electrons. The quantitative estimate of drug-likeness (QED) is 0.0232. The van der Waals surface area contributed by atoms with Crippen LogP contribution in [-0.4, -0.2) is 98.7 Å². The molecule has 1 amide bonds. The van der Waals surface area contributed by atoms with Gasteiger partial charge in [-0.3, -0.25) is 4.79 Å². The Morgan fingerprint density at radius 3 is 1.27 bits per heavy atom. The lowest BCUT2D eigenvalue weighted by atomic mass is 9.99. The van der Waals surface area contributed by atoms with Crippen LogP contribution >= 0.6 is 0 Å². The van der Waals surface area contributed by atoms with E-state index in [0.717, 1.165) is 44.9 Å². The molecule has 0 aromatic heterocycles. The minimum atomic E-state index is -1.61. The predicted octanol–water partition coefficient (Wildman–Crippen LogP) is 12.4. The zero-order chi connectivity index (χ0) is 48.1. The molecule has 66 heavy (non-hydrogen) atoms. The highest BCUT2D eigenvalue weighted by molar-refractivity contribution is 5.80. The van der Waals surface area contributed by atoms with Gasteiger partial charge in [-0.05, 0) is 44.9 Å². The van der Waals surface area contributed by atoms with Crippen LogP contribution in [0.4, 0.5) is 0 Å². The number of nitrogens with one attached hydrogen (secondary N) is 1. The number of carbonyl (C=O) groups is 1. The van der Waals surface area contributed by atoms with Crippen LogP contribution in [0.5, 0.6) is 0 Å². The summed E-state index contributed by atoms with van der Waals surface area (Å²) in [7, 11) is 0. The fourth-order valence-electron chi connectivity index (χ4n) is 9.04. The van der Waals surface area contributed by atoms with Gasteiger partial charge in [0.25, 0.3) is 0 Å². The summed E-state index contributed by atoms with van der Waals surface area (Å²) >= 11 is 0. The van der Waals surface area contributed by atoms with Crippen molar-refractivity contribution in [2.75, 3.05) is 13.2 Å². The maximum Gasteiger partial charge on any atom is 0.249 e. The molecule has 8 unspecified atom stereocenters. The number of aliphatic hydroxyl groups is 6. The van der Waals surface area contributed by atoms with Crippen LogP contribution in [0.3, 0.4) is 0 Å². The number of hydrogen-bond acceptors (Lipinski definition) is 9. The lowest BCUT2D eigenvalue weighted by molar-refractivity contribution is -0.302. The van der Waals surface area contributed by atoms with Crippen LogP contribution in [0.15, 0.2) is 24.3 Å². The van der Waals surface area contributed by atoms with Crippen LogP contribution < -0.4 is 5.32 Å². The van der Waals surface area contributed by atoms with E-state index in [9.17, 15) is 35.4 Å². The van der Waals surface area contributed by atoms with E-state index in [1.165, 1.54) is 199 Å². The number of rotatable bonds is 48. The second-order valence-corrected chi connectivity index (χ2v) is 19.9. The number of unbranched alkanes of at least 4 members (excludes halogenated alkanes) is 35. The number of ether oxygens (including phenoxy) is 2. The Labute approximate surface area is 405 Å². The Hall–Kier alpha value is -1.37. The third-order valence-corrected chi connectivity index (χ3v) is 13.6. The Kier molecular flexibility index (Phi) is 43.7. The lowest BCUT2D eigenvalue weighted by Crippen LogP contribution is -2.60. The smallest absolute Gasteiger partial charge is 0.249 e. The third-order valence-electron chi connectivity index (χ3n) is 13.6. The first-order valence-electron chi connectivity index (χ1n) is 28.2. The van der Waals surface area contributed by atoms with Gasteiger partial charge in [-0.2, -0.15) is 0 Å². The highest BCUT2D eigenvalue weighted by Crippen LogP contribution is 2.23. The highest BCUT2D eigenvalue weighted by Gasteiger charge is 2.44. The summed E-state index contributed by atoms with van der Waals surface area (Å²) in [5.74, 6) is -0.614. The van der Waals surface area contributed by atoms with Gasteiger partial charge in [-0.25, -0.2) is 0 Å². The minimum Gasteiger partial charge on any atom is -0.394 e. The molecule has 0 aromatic rings. The van der Waals surface area contributed by atoms with Gasteiger partial charge in [0.05, 0.1) is 25.4 Å². The second-order valence-electron chi connectivity index (χ2n) is 19.9. The predicted molar refractivity (Wildman–Crippen MR) is 273 cm³/mol. The molecule has 0 bridgehead atoms. The molecule has 7 N–H and O–H groups in total. The van der Waals surface area contributed by atoms with Crippen molar-refractivity contribution in [2.24, 2.45) is 0 Å². The molecule has 1 saturated heterocycles. The van der Waals surface area contributed by atoms with Gasteiger partial charge in [-0.1, -0.05) is 244 Å². The van der Waals surface area contributed by atoms with E-state index in [-0.39, 0.29) is 6.61 Å². The molecule has 1 fully saturated rings. The first kappa shape index (κ1) is 62.6. The fraction of sp³-hybridized carbons (Fsp3) is 0.911. The fourth-order valence-corrected chi connectivity index (χ4v) is 9.04. The molecule has 390 valence electrons. The molecular weight excluding hydrogens is 831 g/mol. The van der Waals surface area contributed by atoms with Gasteiger partial charge in [0.2, 0.25) is 5.91 Å². The molecule has 0 saturated carbocycles. The number of amides is 1. The molecule has 0 spiro atoms. The van der Waals surface area contributed by atoms with Crippen molar-refractivity contribution in [3.63, 3.8) is 0 Å². The normalized spacial score (nSPS) is 20.4. The average molecular weight is 938 g/mol. The number of aliphatic hydroxyl groups excluding tert-OH is 6. The van der Waals surface area contributed by atoms with Gasteiger partial charge in [-0.15, -0.1) is 0 Å². The van der Waals surface area contributed by atoms with E-state index in [2.05, 4.69) is 31.3 Å². The van der Waals surface area contributed by atoms with Crippen LogP contribution in [0.2, 0.25) is 0 Å². The Morgan fingerprint density at radius 1 is 0.515 bits per heavy atom. The number of hydrogen-bond donors (Lipinski definition) is 7. The molecule has 1 aliphatic heterocycles. The molecule has 8 atom stereocenters. The summed E-state index contributed by atoms with van der Waals surface area (Å²) in [5, 5.41) is 64.9.